The van der Waals surface area contributed by atoms with Crippen molar-refractivity contribution in [2.45, 2.75) is 13.3 Å². The molecule has 0 aliphatic carbocycles. The molecule has 3 aromatic rings. The van der Waals surface area contributed by atoms with E-state index in [1.165, 1.54) is 12.1 Å². The predicted octanol–water partition coefficient (Wildman–Crippen LogP) is 6.01. The summed E-state index contributed by atoms with van der Waals surface area (Å²) in [6.45, 7) is 2.29. The molecule has 6 heteroatoms. The summed E-state index contributed by atoms with van der Waals surface area (Å²) in [6.07, 6.45) is 1.86. The molecule has 0 unspecified atom stereocenters. The Balaban J connectivity index is 1.85. The molecule has 0 spiro atoms. The van der Waals surface area contributed by atoms with Gasteiger partial charge in [-0.1, -0.05) is 41.9 Å². The summed E-state index contributed by atoms with van der Waals surface area (Å²) in [6, 6.07) is 20.4. The zero-order valence-corrected chi connectivity index (χ0v) is 17.6. The fraction of sp³-hybridized carbons (Fsp3) is 0.120. The second-order valence-corrected chi connectivity index (χ2v) is 7.14. The van der Waals surface area contributed by atoms with Gasteiger partial charge in [0.1, 0.15) is 23.2 Å². The number of halogens is 2. The Kier molecular flexibility index (Phi) is 7.42. The summed E-state index contributed by atoms with van der Waals surface area (Å²) in [7, 11) is 0. The summed E-state index contributed by atoms with van der Waals surface area (Å²) in [5.41, 5.74) is 2.48. The highest BCUT2D eigenvalue weighted by Gasteiger charge is 2.12. The van der Waals surface area contributed by atoms with E-state index in [0.717, 1.165) is 5.56 Å². The quantitative estimate of drug-likeness (QED) is 0.365. The lowest BCUT2D eigenvalue weighted by Gasteiger charge is -2.12. The first-order valence-electron chi connectivity index (χ1n) is 9.68. The molecule has 3 rings (SSSR count). The average Bonchev–Trinajstić information content (AvgIpc) is 2.77. The van der Waals surface area contributed by atoms with Crippen LogP contribution in [0.15, 0.2) is 72.3 Å². The number of nitrogens with one attached hydrogen (secondary N) is 1. The highest BCUT2D eigenvalue weighted by atomic mass is 35.5. The van der Waals surface area contributed by atoms with Gasteiger partial charge in [0.2, 0.25) is 0 Å². The second kappa shape index (κ2) is 10.4. The average molecular weight is 435 g/mol. The molecule has 3 aromatic carbocycles. The summed E-state index contributed by atoms with van der Waals surface area (Å²) in [4.78, 5) is 12.5. The minimum Gasteiger partial charge on any atom is -0.494 e. The first-order chi connectivity index (χ1) is 15.0. The van der Waals surface area contributed by atoms with Gasteiger partial charge in [-0.2, -0.15) is 5.26 Å². The van der Waals surface area contributed by atoms with Crippen LogP contribution in [0.25, 0.3) is 6.08 Å². The van der Waals surface area contributed by atoms with Crippen molar-refractivity contribution in [1.29, 1.82) is 5.26 Å². The Labute approximate surface area is 185 Å². The van der Waals surface area contributed by atoms with Gasteiger partial charge in [-0.25, -0.2) is 4.39 Å². The Morgan fingerprint density at radius 1 is 1.13 bits per heavy atom. The number of hydrogen-bond donors (Lipinski definition) is 1. The molecule has 0 radical (unpaired) electrons. The van der Waals surface area contributed by atoms with Crippen molar-refractivity contribution in [3.8, 4) is 11.8 Å². The second-order valence-electron chi connectivity index (χ2n) is 6.70. The van der Waals surface area contributed by atoms with E-state index in [1.54, 1.807) is 54.6 Å². The van der Waals surface area contributed by atoms with E-state index in [4.69, 9.17) is 16.3 Å². The van der Waals surface area contributed by atoms with Crippen molar-refractivity contribution in [1.82, 2.24) is 0 Å². The number of anilines is 1. The zero-order chi connectivity index (χ0) is 22.2. The molecule has 4 nitrogen and oxygen atoms in total. The summed E-state index contributed by atoms with van der Waals surface area (Å²) in [5, 5.41) is 12.7. The van der Waals surface area contributed by atoms with Crippen LogP contribution in [0.4, 0.5) is 10.1 Å². The largest absolute Gasteiger partial charge is 0.494 e. The lowest BCUT2D eigenvalue weighted by molar-refractivity contribution is -0.112. The van der Waals surface area contributed by atoms with E-state index in [9.17, 15) is 14.4 Å². The Hall–Kier alpha value is -3.62. The molecule has 1 N–H and O–H groups in total. The maximum atomic E-state index is 14.0. The van der Waals surface area contributed by atoms with Gasteiger partial charge in [-0.3, -0.25) is 4.79 Å². The van der Waals surface area contributed by atoms with Crippen molar-refractivity contribution in [3.63, 3.8) is 0 Å². The van der Waals surface area contributed by atoms with Crippen molar-refractivity contribution < 1.29 is 13.9 Å². The molecule has 0 atom stereocenters. The molecule has 0 aliphatic heterocycles. The molecular formula is C25H20ClFN2O2. The number of carbonyl (C=O) groups is 1. The minimum absolute atomic E-state index is 0.0562. The van der Waals surface area contributed by atoms with Crippen LogP contribution >= 0.6 is 11.6 Å². The van der Waals surface area contributed by atoms with Crippen molar-refractivity contribution in [2.24, 2.45) is 0 Å². The van der Waals surface area contributed by atoms with Gasteiger partial charge in [0.15, 0.2) is 0 Å². The Morgan fingerprint density at radius 3 is 2.55 bits per heavy atom. The third-order valence-electron chi connectivity index (χ3n) is 4.51. The summed E-state index contributed by atoms with van der Waals surface area (Å²) in [5.74, 6) is -0.229. The molecule has 0 saturated heterocycles. The number of nitrogens with zero attached hydrogens (tertiary/aromatic N) is 1. The topological polar surface area (TPSA) is 62.1 Å². The van der Waals surface area contributed by atoms with Crippen LogP contribution < -0.4 is 10.1 Å². The maximum absolute atomic E-state index is 14.0. The Morgan fingerprint density at radius 2 is 1.87 bits per heavy atom. The Bertz CT molecular complexity index is 1150. The molecule has 0 saturated carbocycles. The van der Waals surface area contributed by atoms with Gasteiger partial charge in [-0.15, -0.1) is 0 Å². The number of nitriles is 1. The molecule has 31 heavy (non-hydrogen) atoms. The predicted molar refractivity (Wildman–Crippen MR) is 120 cm³/mol. The molecule has 0 bridgehead atoms. The highest BCUT2D eigenvalue weighted by Crippen LogP contribution is 2.26. The van der Waals surface area contributed by atoms with Crippen LogP contribution in [-0.2, 0) is 11.2 Å². The number of ether oxygens (including phenoxy) is 1. The number of amides is 1. The zero-order valence-electron chi connectivity index (χ0n) is 16.9. The van der Waals surface area contributed by atoms with Crippen molar-refractivity contribution in [2.75, 3.05) is 11.9 Å². The van der Waals surface area contributed by atoms with Crippen LogP contribution in [0.5, 0.6) is 5.75 Å². The molecule has 0 heterocycles. The van der Waals surface area contributed by atoms with Gasteiger partial charge in [0.25, 0.3) is 5.91 Å². The van der Waals surface area contributed by atoms with E-state index in [-0.39, 0.29) is 11.4 Å². The van der Waals surface area contributed by atoms with Gasteiger partial charge < -0.3 is 10.1 Å². The van der Waals surface area contributed by atoms with Crippen LogP contribution in [-0.4, -0.2) is 12.5 Å². The first-order valence-corrected chi connectivity index (χ1v) is 10.1. The van der Waals surface area contributed by atoms with Crippen LogP contribution in [0.2, 0.25) is 5.02 Å². The lowest BCUT2D eigenvalue weighted by atomic mass is 10.0. The number of benzene rings is 3. The fourth-order valence-electron chi connectivity index (χ4n) is 2.99. The van der Waals surface area contributed by atoms with Gasteiger partial charge in [0.05, 0.1) is 6.61 Å². The number of hydrogen-bond acceptors (Lipinski definition) is 3. The van der Waals surface area contributed by atoms with E-state index in [1.807, 2.05) is 19.1 Å². The molecule has 0 fully saturated rings. The highest BCUT2D eigenvalue weighted by molar-refractivity contribution is 6.30. The summed E-state index contributed by atoms with van der Waals surface area (Å²) >= 11 is 5.85. The third-order valence-corrected chi connectivity index (χ3v) is 4.76. The molecular weight excluding hydrogens is 415 g/mol. The monoisotopic (exact) mass is 434 g/mol. The standard InChI is InChI=1S/C25H20ClFN2O2/c1-2-31-24-14-17(7-8-19(24)15-18-5-3-4-6-23(18)27)13-20(16-28)25(30)29-22-11-9-21(26)10-12-22/h3-14H,2,15H2,1H3,(H,29,30)/b20-13+. The van der Waals surface area contributed by atoms with Crippen molar-refractivity contribution in [3.05, 3.63) is 99.8 Å². The normalized spacial score (nSPS) is 11.0. The van der Waals surface area contributed by atoms with Crippen LogP contribution in [0.1, 0.15) is 23.6 Å². The van der Waals surface area contributed by atoms with Crippen LogP contribution in [0.3, 0.4) is 0 Å². The number of carbonyl (C=O) groups excluding carboxylic acids is 1. The SMILES string of the molecule is CCOc1cc(/C=C(\C#N)C(=O)Nc2ccc(Cl)cc2)ccc1Cc1ccccc1F. The molecule has 156 valence electrons. The van der Waals surface area contributed by atoms with Gasteiger partial charge in [-0.05, 0) is 66.1 Å². The van der Waals surface area contributed by atoms with E-state index >= 15 is 0 Å². The third kappa shape index (κ3) is 5.94. The molecule has 0 aromatic heterocycles. The molecule has 1 amide bonds. The van der Waals surface area contributed by atoms with E-state index in [0.29, 0.717) is 40.6 Å². The first kappa shape index (κ1) is 22.1. The maximum Gasteiger partial charge on any atom is 0.266 e. The van der Waals surface area contributed by atoms with Crippen LogP contribution in [0, 0.1) is 17.1 Å². The number of rotatable bonds is 7. The summed E-state index contributed by atoms with van der Waals surface area (Å²) < 4.78 is 19.8. The van der Waals surface area contributed by atoms with E-state index in [2.05, 4.69) is 5.32 Å². The fourth-order valence-corrected chi connectivity index (χ4v) is 3.12. The van der Waals surface area contributed by atoms with Gasteiger partial charge in [0, 0.05) is 17.1 Å². The smallest absolute Gasteiger partial charge is 0.266 e. The molecule has 0 aliphatic rings. The minimum atomic E-state index is -0.529. The van der Waals surface area contributed by atoms with E-state index < -0.39 is 5.91 Å². The van der Waals surface area contributed by atoms with Gasteiger partial charge >= 0.3 is 0 Å². The van der Waals surface area contributed by atoms with Crippen molar-refractivity contribution >= 4 is 29.3 Å². The lowest BCUT2D eigenvalue weighted by Crippen LogP contribution is -2.13.